The fraction of sp³-hybridized carbons (Fsp3) is 0.214. The van der Waals surface area contributed by atoms with Gasteiger partial charge in [-0.05, 0) is 70.0 Å². The van der Waals surface area contributed by atoms with Crippen LogP contribution in [0.3, 0.4) is 0 Å². The number of nitrogens with one attached hydrogen (secondary N) is 1. The third-order valence-corrected chi connectivity index (χ3v) is 5.52. The summed E-state index contributed by atoms with van der Waals surface area (Å²) in [6, 6.07) is 20.7. The summed E-state index contributed by atoms with van der Waals surface area (Å²) >= 11 is 0. The van der Waals surface area contributed by atoms with E-state index >= 15 is 0 Å². The largest absolute Gasteiger partial charge is 0.489 e. The molecule has 33 heavy (non-hydrogen) atoms. The zero-order chi connectivity index (χ0) is 23.7. The Morgan fingerprint density at radius 3 is 2.15 bits per heavy atom. The molecule has 0 fully saturated rings. The highest BCUT2D eigenvalue weighted by molar-refractivity contribution is 6.46. The van der Waals surface area contributed by atoms with Crippen LogP contribution in [0.25, 0.3) is 5.57 Å². The van der Waals surface area contributed by atoms with Crippen LogP contribution in [0.15, 0.2) is 72.4 Å². The molecule has 0 radical (unpaired) electrons. The van der Waals surface area contributed by atoms with E-state index in [0.717, 1.165) is 27.9 Å². The van der Waals surface area contributed by atoms with E-state index < -0.39 is 5.91 Å². The predicted octanol–water partition coefficient (Wildman–Crippen LogP) is 5.80. The molecule has 3 aromatic carbocycles. The number of anilines is 2. The van der Waals surface area contributed by atoms with Crippen molar-refractivity contribution in [3.63, 3.8) is 0 Å². The molecular formula is C28H28N2O3. The number of carbonyl (C=O) groups is 2. The van der Waals surface area contributed by atoms with Crippen LogP contribution in [0.1, 0.15) is 36.1 Å². The average Bonchev–Trinajstić information content (AvgIpc) is 2.99. The Bertz CT molecular complexity index is 1260. The molecule has 0 aliphatic carbocycles. The Morgan fingerprint density at radius 1 is 0.818 bits per heavy atom. The molecule has 3 aromatic rings. The van der Waals surface area contributed by atoms with Crippen molar-refractivity contribution in [2.75, 3.05) is 10.2 Å². The zero-order valence-electron chi connectivity index (χ0n) is 19.6. The second-order valence-electron chi connectivity index (χ2n) is 8.64. The molecule has 5 heteroatoms. The zero-order valence-corrected chi connectivity index (χ0v) is 19.6. The highest BCUT2D eigenvalue weighted by Crippen LogP contribution is 2.39. The summed E-state index contributed by atoms with van der Waals surface area (Å²) in [6.07, 6.45) is -0.101. The van der Waals surface area contributed by atoms with Crippen molar-refractivity contribution in [2.24, 2.45) is 0 Å². The molecule has 4 rings (SSSR count). The Hall–Kier alpha value is -3.86. The van der Waals surface area contributed by atoms with E-state index in [-0.39, 0.29) is 17.7 Å². The molecule has 5 nitrogen and oxygen atoms in total. The van der Waals surface area contributed by atoms with Crippen LogP contribution in [-0.2, 0) is 9.59 Å². The van der Waals surface area contributed by atoms with Gasteiger partial charge in [0.2, 0.25) is 0 Å². The Kier molecular flexibility index (Phi) is 6.05. The maximum absolute atomic E-state index is 13.8. The summed E-state index contributed by atoms with van der Waals surface area (Å²) < 4.78 is 5.92. The topological polar surface area (TPSA) is 58.6 Å². The minimum atomic E-state index is -0.407. The summed E-state index contributed by atoms with van der Waals surface area (Å²) in [5.74, 6) is -0.289. The molecule has 0 saturated carbocycles. The van der Waals surface area contributed by atoms with E-state index in [1.165, 1.54) is 4.90 Å². The lowest BCUT2D eigenvalue weighted by molar-refractivity contribution is -0.120. The van der Waals surface area contributed by atoms with Crippen molar-refractivity contribution in [2.45, 2.75) is 40.7 Å². The number of para-hydroxylation sites is 2. The van der Waals surface area contributed by atoms with Gasteiger partial charge in [0, 0.05) is 5.69 Å². The third-order valence-electron chi connectivity index (χ3n) is 5.52. The van der Waals surface area contributed by atoms with Crippen molar-refractivity contribution in [1.82, 2.24) is 0 Å². The van der Waals surface area contributed by atoms with Crippen molar-refractivity contribution in [1.29, 1.82) is 0 Å². The van der Waals surface area contributed by atoms with Gasteiger partial charge in [0.15, 0.2) is 0 Å². The quantitative estimate of drug-likeness (QED) is 0.493. The summed E-state index contributed by atoms with van der Waals surface area (Å²) in [6.45, 7) is 9.78. The standard InChI is InChI=1S/C28H28N2O3/c1-17(2)33-24-9-7-6-8-23(24)30-27(31)25(22-15-12-19(4)16-20(22)5)26(28(30)32)29-21-13-10-18(3)11-14-21/h6-17,29H,1-5H3. The molecule has 168 valence electrons. The highest BCUT2D eigenvalue weighted by atomic mass is 16.5. The SMILES string of the molecule is Cc1ccc(NC2=C(c3ccc(C)cc3C)C(=O)N(c3ccccc3OC(C)C)C2=O)cc1. The van der Waals surface area contributed by atoms with Gasteiger partial charge in [-0.1, -0.05) is 53.6 Å². The van der Waals surface area contributed by atoms with E-state index in [4.69, 9.17) is 4.74 Å². The molecule has 1 heterocycles. The van der Waals surface area contributed by atoms with Crippen molar-refractivity contribution in [3.8, 4) is 5.75 Å². The van der Waals surface area contributed by atoms with Crippen LogP contribution in [0.5, 0.6) is 5.75 Å². The van der Waals surface area contributed by atoms with Crippen molar-refractivity contribution in [3.05, 3.63) is 94.7 Å². The Balaban J connectivity index is 1.85. The van der Waals surface area contributed by atoms with E-state index in [1.807, 2.05) is 83.1 Å². The molecule has 0 spiro atoms. The minimum absolute atomic E-state index is 0.101. The molecule has 0 unspecified atom stereocenters. The van der Waals surface area contributed by atoms with Crippen LogP contribution in [0.2, 0.25) is 0 Å². The van der Waals surface area contributed by atoms with Gasteiger partial charge >= 0.3 is 0 Å². The van der Waals surface area contributed by atoms with E-state index in [1.54, 1.807) is 18.2 Å². The van der Waals surface area contributed by atoms with Gasteiger partial charge in [0.1, 0.15) is 11.4 Å². The number of benzene rings is 3. The van der Waals surface area contributed by atoms with Gasteiger partial charge in [-0.25, -0.2) is 4.90 Å². The maximum Gasteiger partial charge on any atom is 0.282 e. The fourth-order valence-corrected chi connectivity index (χ4v) is 3.99. The monoisotopic (exact) mass is 440 g/mol. The molecule has 1 aliphatic heterocycles. The smallest absolute Gasteiger partial charge is 0.282 e. The molecule has 1 aliphatic rings. The van der Waals surface area contributed by atoms with Crippen LogP contribution in [0.4, 0.5) is 11.4 Å². The van der Waals surface area contributed by atoms with E-state index in [0.29, 0.717) is 17.0 Å². The molecule has 2 amide bonds. The molecule has 0 saturated heterocycles. The fourth-order valence-electron chi connectivity index (χ4n) is 3.99. The molecular weight excluding hydrogens is 412 g/mol. The van der Waals surface area contributed by atoms with Gasteiger partial charge in [-0.3, -0.25) is 9.59 Å². The number of hydrogen-bond donors (Lipinski definition) is 1. The lowest BCUT2D eigenvalue weighted by Gasteiger charge is -2.20. The summed E-state index contributed by atoms with van der Waals surface area (Å²) in [4.78, 5) is 28.7. The normalized spacial score (nSPS) is 13.8. The first-order valence-corrected chi connectivity index (χ1v) is 11.1. The lowest BCUT2D eigenvalue weighted by Crippen LogP contribution is -2.33. The summed E-state index contributed by atoms with van der Waals surface area (Å²) in [7, 11) is 0. The first-order valence-electron chi connectivity index (χ1n) is 11.1. The van der Waals surface area contributed by atoms with Crippen molar-refractivity contribution < 1.29 is 14.3 Å². The second-order valence-corrected chi connectivity index (χ2v) is 8.64. The highest BCUT2D eigenvalue weighted by Gasteiger charge is 2.42. The first kappa shape index (κ1) is 22.3. The van der Waals surface area contributed by atoms with Gasteiger partial charge in [0.25, 0.3) is 11.8 Å². The van der Waals surface area contributed by atoms with E-state index in [9.17, 15) is 9.59 Å². The molecule has 1 N–H and O–H groups in total. The van der Waals surface area contributed by atoms with E-state index in [2.05, 4.69) is 5.32 Å². The number of carbonyl (C=O) groups excluding carboxylic acids is 2. The molecule has 0 bridgehead atoms. The molecule has 0 aromatic heterocycles. The van der Waals surface area contributed by atoms with Gasteiger partial charge in [0.05, 0.1) is 17.4 Å². The van der Waals surface area contributed by atoms with Crippen LogP contribution in [-0.4, -0.2) is 17.9 Å². The summed E-state index contributed by atoms with van der Waals surface area (Å²) in [5.41, 5.74) is 5.67. The number of nitrogens with zero attached hydrogens (tertiary/aromatic N) is 1. The number of aryl methyl sites for hydroxylation is 3. The number of amides is 2. The number of ether oxygens (including phenoxy) is 1. The van der Waals surface area contributed by atoms with Gasteiger partial charge in [-0.2, -0.15) is 0 Å². The average molecular weight is 441 g/mol. The maximum atomic E-state index is 13.8. The van der Waals surface area contributed by atoms with Crippen LogP contribution >= 0.6 is 0 Å². The van der Waals surface area contributed by atoms with Gasteiger partial charge in [-0.15, -0.1) is 0 Å². The lowest BCUT2D eigenvalue weighted by atomic mass is 9.97. The van der Waals surface area contributed by atoms with Crippen LogP contribution < -0.4 is 15.0 Å². The summed E-state index contributed by atoms with van der Waals surface area (Å²) in [5, 5.41) is 3.23. The Labute approximate surface area is 194 Å². The van der Waals surface area contributed by atoms with Crippen molar-refractivity contribution >= 4 is 28.8 Å². The number of hydrogen-bond acceptors (Lipinski definition) is 4. The Morgan fingerprint density at radius 2 is 1.48 bits per heavy atom. The third kappa shape index (κ3) is 4.40. The minimum Gasteiger partial charge on any atom is -0.489 e. The first-order chi connectivity index (χ1) is 15.8. The second kappa shape index (κ2) is 8.94. The predicted molar refractivity (Wildman–Crippen MR) is 132 cm³/mol. The number of imide groups is 1. The van der Waals surface area contributed by atoms with Crippen LogP contribution in [0, 0.1) is 20.8 Å². The molecule has 0 atom stereocenters. The number of rotatable bonds is 6. The van der Waals surface area contributed by atoms with Gasteiger partial charge < -0.3 is 10.1 Å².